The van der Waals surface area contributed by atoms with E-state index in [2.05, 4.69) is 15.5 Å². The monoisotopic (exact) mass is 289 g/mol. The number of benzene rings is 1. The quantitative estimate of drug-likeness (QED) is 0.913. The lowest BCUT2D eigenvalue weighted by Crippen LogP contribution is -2.30. The first-order valence-corrected chi connectivity index (χ1v) is 7.16. The summed E-state index contributed by atoms with van der Waals surface area (Å²) in [5.41, 5.74) is 3.19. The van der Waals surface area contributed by atoms with Gasteiger partial charge in [-0.15, -0.1) is 0 Å². The van der Waals surface area contributed by atoms with Crippen LogP contribution in [-0.2, 0) is 17.8 Å². The van der Waals surface area contributed by atoms with Gasteiger partial charge in [0.2, 0.25) is 5.91 Å². The molecule has 0 aliphatic heterocycles. The van der Waals surface area contributed by atoms with Crippen LogP contribution in [0.3, 0.4) is 0 Å². The van der Waals surface area contributed by atoms with Crippen LogP contribution in [0.25, 0.3) is 0 Å². The van der Waals surface area contributed by atoms with Crippen LogP contribution in [0.4, 0.5) is 0 Å². The van der Waals surface area contributed by atoms with Crippen molar-refractivity contribution >= 4 is 17.5 Å². The second-order valence-corrected chi connectivity index (χ2v) is 5.53. The van der Waals surface area contributed by atoms with Crippen molar-refractivity contribution < 1.29 is 4.79 Å². The highest BCUT2D eigenvalue weighted by molar-refractivity contribution is 6.30. The summed E-state index contributed by atoms with van der Waals surface area (Å²) in [6.45, 7) is 0.527. The molecule has 0 radical (unpaired) electrons. The number of fused-ring (bicyclic) bond motifs is 1. The van der Waals surface area contributed by atoms with Gasteiger partial charge in [-0.3, -0.25) is 9.89 Å². The molecule has 1 heterocycles. The summed E-state index contributed by atoms with van der Waals surface area (Å²) >= 11 is 5.84. The summed E-state index contributed by atoms with van der Waals surface area (Å²) in [6, 6.07) is 7.51. The van der Waals surface area contributed by atoms with E-state index in [-0.39, 0.29) is 11.8 Å². The largest absolute Gasteiger partial charge is 0.351 e. The number of carbonyl (C=O) groups excluding carboxylic acids is 1. The van der Waals surface area contributed by atoms with Crippen molar-refractivity contribution in [2.24, 2.45) is 0 Å². The Bertz CT molecular complexity index is 606. The van der Waals surface area contributed by atoms with E-state index in [1.807, 2.05) is 24.3 Å². The molecule has 1 aliphatic carbocycles. The van der Waals surface area contributed by atoms with Crippen LogP contribution < -0.4 is 5.32 Å². The Hall–Kier alpha value is -1.81. The number of nitrogens with one attached hydrogen (secondary N) is 2. The Morgan fingerprint density at radius 2 is 2.20 bits per heavy atom. The Morgan fingerprint density at radius 1 is 1.40 bits per heavy atom. The van der Waals surface area contributed by atoms with Crippen LogP contribution in [0.1, 0.15) is 35.6 Å². The van der Waals surface area contributed by atoms with Crippen molar-refractivity contribution in [1.29, 1.82) is 0 Å². The predicted molar refractivity (Wildman–Crippen MR) is 77.6 cm³/mol. The molecule has 1 aromatic carbocycles. The van der Waals surface area contributed by atoms with E-state index in [4.69, 9.17) is 11.6 Å². The van der Waals surface area contributed by atoms with E-state index in [1.165, 1.54) is 0 Å². The number of amides is 1. The molecule has 0 spiro atoms. The maximum atomic E-state index is 12.3. The first-order chi connectivity index (χ1) is 9.74. The van der Waals surface area contributed by atoms with Crippen LogP contribution in [0.15, 0.2) is 30.5 Å². The van der Waals surface area contributed by atoms with Crippen LogP contribution in [0.5, 0.6) is 0 Å². The van der Waals surface area contributed by atoms with E-state index >= 15 is 0 Å². The number of carbonyl (C=O) groups is 1. The fourth-order valence-electron chi connectivity index (χ4n) is 2.65. The van der Waals surface area contributed by atoms with Crippen LogP contribution in [0, 0.1) is 0 Å². The van der Waals surface area contributed by atoms with E-state index in [0.29, 0.717) is 11.6 Å². The smallest absolute Gasteiger partial charge is 0.227 e. The Balaban J connectivity index is 1.64. The van der Waals surface area contributed by atoms with Crippen molar-refractivity contribution in [3.8, 4) is 0 Å². The zero-order valence-electron chi connectivity index (χ0n) is 11.0. The molecule has 3 rings (SSSR count). The average molecular weight is 290 g/mol. The summed E-state index contributed by atoms with van der Waals surface area (Å²) in [7, 11) is 0. The van der Waals surface area contributed by atoms with Gasteiger partial charge in [0.15, 0.2) is 0 Å². The highest BCUT2D eigenvalue weighted by atomic mass is 35.5. The fourth-order valence-corrected chi connectivity index (χ4v) is 2.77. The Kier molecular flexibility index (Phi) is 3.74. The van der Waals surface area contributed by atoms with Crippen molar-refractivity contribution in [3.05, 3.63) is 52.3 Å². The molecule has 0 saturated heterocycles. The third-order valence-electron chi connectivity index (χ3n) is 3.74. The normalized spacial score (nSPS) is 17.6. The number of rotatable bonds is 3. The first-order valence-electron chi connectivity index (χ1n) is 6.78. The molecule has 104 valence electrons. The minimum atomic E-state index is -0.0789. The summed E-state index contributed by atoms with van der Waals surface area (Å²) < 4.78 is 0. The molecule has 1 aromatic heterocycles. The summed E-state index contributed by atoms with van der Waals surface area (Å²) in [5, 5.41) is 10.7. The lowest BCUT2D eigenvalue weighted by molar-refractivity contribution is -0.123. The molecule has 1 atom stereocenters. The third kappa shape index (κ3) is 2.70. The number of H-pyrrole nitrogens is 1. The van der Waals surface area contributed by atoms with Crippen molar-refractivity contribution in [2.45, 2.75) is 31.7 Å². The molecule has 4 nitrogen and oxygen atoms in total. The summed E-state index contributed by atoms with van der Waals surface area (Å²) in [5.74, 6) is -0.00731. The lowest BCUT2D eigenvalue weighted by Gasteiger charge is -2.21. The lowest BCUT2D eigenvalue weighted by atomic mass is 9.86. The molecular formula is C15H16ClN3O. The summed E-state index contributed by atoms with van der Waals surface area (Å²) in [6.07, 6.45) is 4.67. The van der Waals surface area contributed by atoms with Gasteiger partial charge in [-0.25, -0.2) is 0 Å². The summed E-state index contributed by atoms with van der Waals surface area (Å²) in [4.78, 5) is 12.3. The third-order valence-corrected chi connectivity index (χ3v) is 4.00. The second-order valence-electron chi connectivity index (χ2n) is 5.09. The van der Waals surface area contributed by atoms with Crippen molar-refractivity contribution in [1.82, 2.24) is 15.5 Å². The molecule has 2 N–H and O–H groups in total. The van der Waals surface area contributed by atoms with E-state index in [0.717, 1.165) is 36.1 Å². The molecule has 0 saturated carbocycles. The zero-order valence-corrected chi connectivity index (χ0v) is 11.8. The fraction of sp³-hybridized carbons (Fsp3) is 0.333. The maximum absolute atomic E-state index is 12.3. The number of aromatic amines is 1. The predicted octanol–water partition coefficient (Wildman–Crippen LogP) is 2.80. The van der Waals surface area contributed by atoms with Gasteiger partial charge in [0, 0.05) is 22.8 Å². The van der Waals surface area contributed by atoms with Gasteiger partial charge < -0.3 is 5.32 Å². The minimum absolute atomic E-state index is 0.0716. The Labute approximate surface area is 122 Å². The SMILES string of the molecule is O=C(NCc1ccc(Cl)cc1)C1CCCc2[nH]ncc21. The standard InChI is InChI=1S/C15H16ClN3O/c16-11-6-4-10(5-7-11)8-17-15(20)12-2-1-3-14-13(12)9-18-19-14/h4-7,9,12H,1-3,8H2,(H,17,20)(H,18,19). The molecule has 1 unspecified atom stereocenters. The average Bonchev–Trinajstić information content (AvgIpc) is 2.94. The molecular weight excluding hydrogens is 274 g/mol. The van der Waals surface area contributed by atoms with E-state index in [1.54, 1.807) is 6.20 Å². The van der Waals surface area contributed by atoms with Gasteiger partial charge in [0.25, 0.3) is 0 Å². The highest BCUT2D eigenvalue weighted by Crippen LogP contribution is 2.30. The van der Waals surface area contributed by atoms with Gasteiger partial charge in [-0.05, 0) is 37.0 Å². The number of hydrogen-bond donors (Lipinski definition) is 2. The zero-order chi connectivity index (χ0) is 13.9. The Morgan fingerprint density at radius 3 is 3.00 bits per heavy atom. The minimum Gasteiger partial charge on any atom is -0.351 e. The number of aryl methyl sites for hydroxylation is 1. The molecule has 0 fully saturated rings. The molecule has 1 aliphatic rings. The van der Waals surface area contributed by atoms with Gasteiger partial charge >= 0.3 is 0 Å². The van der Waals surface area contributed by atoms with Crippen LogP contribution in [-0.4, -0.2) is 16.1 Å². The highest BCUT2D eigenvalue weighted by Gasteiger charge is 2.27. The number of halogens is 1. The van der Waals surface area contributed by atoms with Crippen molar-refractivity contribution in [2.75, 3.05) is 0 Å². The molecule has 2 aromatic rings. The first kappa shape index (κ1) is 13.2. The second kappa shape index (κ2) is 5.67. The van der Waals surface area contributed by atoms with Gasteiger partial charge in [0.05, 0.1) is 12.1 Å². The number of aromatic nitrogens is 2. The van der Waals surface area contributed by atoms with E-state index < -0.39 is 0 Å². The molecule has 1 amide bonds. The topological polar surface area (TPSA) is 57.8 Å². The van der Waals surface area contributed by atoms with Crippen LogP contribution >= 0.6 is 11.6 Å². The van der Waals surface area contributed by atoms with Crippen molar-refractivity contribution in [3.63, 3.8) is 0 Å². The number of hydrogen-bond acceptors (Lipinski definition) is 2. The van der Waals surface area contributed by atoms with Gasteiger partial charge in [0.1, 0.15) is 0 Å². The maximum Gasteiger partial charge on any atom is 0.227 e. The molecule has 20 heavy (non-hydrogen) atoms. The molecule has 0 bridgehead atoms. The van der Waals surface area contributed by atoms with Gasteiger partial charge in [-0.2, -0.15) is 5.10 Å². The number of nitrogens with zero attached hydrogens (tertiary/aromatic N) is 1. The molecule has 5 heteroatoms. The van der Waals surface area contributed by atoms with Gasteiger partial charge in [-0.1, -0.05) is 23.7 Å². The van der Waals surface area contributed by atoms with E-state index in [9.17, 15) is 4.79 Å². The van der Waals surface area contributed by atoms with Crippen LogP contribution in [0.2, 0.25) is 5.02 Å².